The van der Waals surface area contributed by atoms with Crippen LogP contribution in [0.5, 0.6) is 0 Å². The predicted molar refractivity (Wildman–Crippen MR) is 358 cm³/mol. The Morgan fingerprint density at radius 2 is 0.439 bits per heavy atom. The molecule has 0 radical (unpaired) electrons. The molecular weight excluding hydrogens is 1010 g/mol. The van der Waals surface area contributed by atoms with Crippen molar-refractivity contribution in [2.45, 2.75) is 406 Å². The molecule has 0 fully saturated rings. The molecule has 0 saturated carbocycles. The molecule has 0 aliphatic carbocycles. The SMILES string of the molecule is CCCCCCC/C=C\C/C=C\CCCCCCCCCCCCCCCC(=O)OCC(COC(=O)CCCCCCCCC/C=C\CCCCCCCCC)OC(=O)CCCCCCCCCCC/C=C\CCCCCCCCCC. The van der Waals surface area contributed by atoms with Crippen molar-refractivity contribution in [2.24, 2.45) is 0 Å². The first-order valence-corrected chi connectivity index (χ1v) is 36.6. The molecule has 6 heteroatoms. The van der Waals surface area contributed by atoms with Gasteiger partial charge in [0.2, 0.25) is 0 Å². The fourth-order valence-electron chi connectivity index (χ4n) is 11.0. The number of rotatable bonds is 68. The first kappa shape index (κ1) is 79.4. The summed E-state index contributed by atoms with van der Waals surface area (Å²) in [6.07, 6.45) is 89.9. The lowest BCUT2D eigenvalue weighted by Gasteiger charge is -2.18. The van der Waals surface area contributed by atoms with Gasteiger partial charge in [0.05, 0.1) is 0 Å². The number of unbranched alkanes of at least 4 members (excludes halogenated alkanes) is 49. The highest BCUT2D eigenvalue weighted by Crippen LogP contribution is 2.18. The topological polar surface area (TPSA) is 78.9 Å². The normalized spacial score (nSPS) is 12.3. The van der Waals surface area contributed by atoms with Crippen molar-refractivity contribution in [3.63, 3.8) is 0 Å². The first-order chi connectivity index (χ1) is 40.5. The van der Waals surface area contributed by atoms with E-state index in [1.54, 1.807) is 0 Å². The van der Waals surface area contributed by atoms with Crippen molar-refractivity contribution in [1.82, 2.24) is 0 Å². The largest absolute Gasteiger partial charge is 0.462 e. The van der Waals surface area contributed by atoms with E-state index in [0.717, 1.165) is 64.2 Å². The van der Waals surface area contributed by atoms with Gasteiger partial charge in [0.1, 0.15) is 13.2 Å². The van der Waals surface area contributed by atoms with E-state index in [1.807, 2.05) is 0 Å². The fourth-order valence-corrected chi connectivity index (χ4v) is 11.0. The Morgan fingerprint density at radius 3 is 0.683 bits per heavy atom. The van der Waals surface area contributed by atoms with E-state index in [9.17, 15) is 14.4 Å². The Balaban J connectivity index is 4.32. The summed E-state index contributed by atoms with van der Waals surface area (Å²) in [6, 6.07) is 0. The van der Waals surface area contributed by atoms with Gasteiger partial charge < -0.3 is 14.2 Å². The molecule has 82 heavy (non-hydrogen) atoms. The lowest BCUT2D eigenvalue weighted by atomic mass is 10.0. The molecule has 0 amide bonds. The minimum atomic E-state index is -0.777. The molecule has 0 rings (SSSR count). The fraction of sp³-hybridized carbons (Fsp3) is 0.855. The van der Waals surface area contributed by atoms with Gasteiger partial charge in [0.15, 0.2) is 6.10 Å². The molecule has 0 aromatic carbocycles. The average Bonchev–Trinajstić information content (AvgIpc) is 3.47. The number of allylic oxidation sites excluding steroid dienone is 8. The summed E-state index contributed by atoms with van der Waals surface area (Å²) in [5, 5.41) is 0. The molecule has 1 unspecified atom stereocenters. The first-order valence-electron chi connectivity index (χ1n) is 36.6. The third-order valence-electron chi connectivity index (χ3n) is 16.5. The zero-order valence-electron chi connectivity index (χ0n) is 55.3. The van der Waals surface area contributed by atoms with Gasteiger partial charge in [-0.05, 0) is 103 Å². The zero-order valence-corrected chi connectivity index (χ0v) is 55.3. The van der Waals surface area contributed by atoms with Crippen LogP contribution in [0.1, 0.15) is 400 Å². The van der Waals surface area contributed by atoms with E-state index >= 15 is 0 Å². The van der Waals surface area contributed by atoms with E-state index in [1.165, 1.54) is 295 Å². The molecule has 0 saturated heterocycles. The smallest absolute Gasteiger partial charge is 0.306 e. The zero-order chi connectivity index (χ0) is 59.2. The summed E-state index contributed by atoms with van der Waals surface area (Å²) in [5.41, 5.74) is 0. The van der Waals surface area contributed by atoms with E-state index in [4.69, 9.17) is 14.2 Å². The van der Waals surface area contributed by atoms with Gasteiger partial charge in [0.25, 0.3) is 0 Å². The van der Waals surface area contributed by atoms with Gasteiger partial charge in [-0.15, -0.1) is 0 Å². The molecule has 0 aliphatic heterocycles. The molecule has 6 nitrogen and oxygen atoms in total. The van der Waals surface area contributed by atoms with Crippen molar-refractivity contribution < 1.29 is 28.6 Å². The number of carbonyl (C=O) groups excluding carboxylic acids is 3. The van der Waals surface area contributed by atoms with Crippen LogP contribution in [0.15, 0.2) is 48.6 Å². The summed E-state index contributed by atoms with van der Waals surface area (Å²) < 4.78 is 17.0. The van der Waals surface area contributed by atoms with E-state index in [-0.39, 0.29) is 31.1 Å². The Kier molecular flexibility index (Phi) is 68.6. The summed E-state index contributed by atoms with van der Waals surface area (Å²) in [6.45, 7) is 6.69. The highest BCUT2D eigenvalue weighted by molar-refractivity contribution is 5.71. The third-order valence-corrected chi connectivity index (χ3v) is 16.5. The van der Waals surface area contributed by atoms with Crippen LogP contribution in [0.3, 0.4) is 0 Å². The van der Waals surface area contributed by atoms with Crippen LogP contribution < -0.4 is 0 Å². The number of esters is 3. The van der Waals surface area contributed by atoms with Gasteiger partial charge in [-0.1, -0.05) is 326 Å². The standard InChI is InChI=1S/C76H140O6/c1-4-7-10-13-16-19-22-25-28-31-34-36-37-38-39-41-42-45-48-51-54-57-60-63-66-69-75(78)81-72-73(71-80-74(77)68-65-62-59-56-53-50-47-44-33-30-27-24-21-18-15-12-9-6-3)82-76(79)70-67-64-61-58-55-52-49-46-43-40-35-32-29-26-23-20-17-14-11-8-5-2/h22,25,30-35,73H,4-21,23-24,26-29,36-72H2,1-3H3/b25-22-,33-30-,34-31-,35-32-. The molecule has 0 bridgehead atoms. The second kappa shape index (κ2) is 70.9. The Hall–Kier alpha value is -2.63. The van der Waals surface area contributed by atoms with Crippen LogP contribution in [-0.4, -0.2) is 37.2 Å². The van der Waals surface area contributed by atoms with Crippen molar-refractivity contribution in [1.29, 1.82) is 0 Å². The maximum Gasteiger partial charge on any atom is 0.306 e. The van der Waals surface area contributed by atoms with Crippen LogP contribution in [0.25, 0.3) is 0 Å². The summed E-state index contributed by atoms with van der Waals surface area (Å²) in [4.78, 5) is 38.5. The maximum atomic E-state index is 13.0. The molecule has 0 N–H and O–H groups in total. The van der Waals surface area contributed by atoms with E-state index in [2.05, 4.69) is 69.4 Å². The number of ether oxygens (including phenoxy) is 3. The second-order valence-electron chi connectivity index (χ2n) is 24.8. The van der Waals surface area contributed by atoms with E-state index < -0.39 is 6.10 Å². The summed E-state index contributed by atoms with van der Waals surface area (Å²) in [5.74, 6) is -0.851. The van der Waals surface area contributed by atoms with Crippen molar-refractivity contribution in [2.75, 3.05) is 13.2 Å². The molecule has 0 spiro atoms. The summed E-state index contributed by atoms with van der Waals surface area (Å²) in [7, 11) is 0. The third kappa shape index (κ3) is 68.2. The van der Waals surface area contributed by atoms with Gasteiger partial charge in [-0.2, -0.15) is 0 Å². The predicted octanol–water partition coefficient (Wildman–Crippen LogP) is 25.3. The highest BCUT2D eigenvalue weighted by Gasteiger charge is 2.19. The van der Waals surface area contributed by atoms with Crippen molar-refractivity contribution >= 4 is 17.9 Å². The number of carbonyl (C=O) groups is 3. The van der Waals surface area contributed by atoms with Crippen LogP contribution in [-0.2, 0) is 28.6 Å². The summed E-state index contributed by atoms with van der Waals surface area (Å²) >= 11 is 0. The minimum Gasteiger partial charge on any atom is -0.462 e. The van der Waals surface area contributed by atoms with Crippen molar-refractivity contribution in [3.05, 3.63) is 48.6 Å². The monoisotopic (exact) mass is 1150 g/mol. The number of hydrogen-bond donors (Lipinski definition) is 0. The van der Waals surface area contributed by atoms with Crippen LogP contribution in [0, 0.1) is 0 Å². The van der Waals surface area contributed by atoms with Crippen LogP contribution in [0.4, 0.5) is 0 Å². The Morgan fingerprint density at radius 1 is 0.244 bits per heavy atom. The molecular formula is C76H140O6. The molecule has 0 aromatic rings. The van der Waals surface area contributed by atoms with Crippen molar-refractivity contribution in [3.8, 4) is 0 Å². The second-order valence-corrected chi connectivity index (χ2v) is 24.8. The van der Waals surface area contributed by atoms with E-state index in [0.29, 0.717) is 19.3 Å². The molecule has 0 aromatic heterocycles. The van der Waals surface area contributed by atoms with Gasteiger partial charge in [-0.25, -0.2) is 0 Å². The van der Waals surface area contributed by atoms with Crippen LogP contribution >= 0.6 is 0 Å². The lowest BCUT2D eigenvalue weighted by molar-refractivity contribution is -0.167. The number of hydrogen-bond acceptors (Lipinski definition) is 6. The lowest BCUT2D eigenvalue weighted by Crippen LogP contribution is -2.30. The van der Waals surface area contributed by atoms with Crippen LogP contribution in [0.2, 0.25) is 0 Å². The van der Waals surface area contributed by atoms with Gasteiger partial charge in [-0.3, -0.25) is 14.4 Å². The average molecular weight is 1150 g/mol. The van der Waals surface area contributed by atoms with Gasteiger partial charge in [0, 0.05) is 19.3 Å². The minimum absolute atomic E-state index is 0.0722. The van der Waals surface area contributed by atoms with Gasteiger partial charge >= 0.3 is 17.9 Å². The maximum absolute atomic E-state index is 13.0. The Bertz CT molecular complexity index is 1410. The molecule has 1 atom stereocenters. The molecule has 0 aliphatic rings. The molecule has 0 heterocycles. The molecule has 480 valence electrons. The highest BCUT2D eigenvalue weighted by atomic mass is 16.6. The quantitative estimate of drug-likeness (QED) is 0.0261. The Labute approximate surface area is 511 Å².